The molecule has 1 aromatic heterocycles. The Bertz CT molecular complexity index is 822. The Kier molecular flexibility index (Phi) is 4.33. The average molecular weight is 308 g/mol. The molecular weight excluding hydrogens is 288 g/mol. The minimum atomic E-state index is -0.920. The number of hydrogen-bond donors (Lipinski definition) is 3. The molecule has 0 bridgehead atoms. The van der Waals surface area contributed by atoms with Crippen LogP contribution in [0, 0.1) is 6.92 Å². The van der Waals surface area contributed by atoms with Crippen LogP contribution in [0.25, 0.3) is 10.9 Å². The van der Waals surface area contributed by atoms with Crippen molar-refractivity contribution in [1.82, 2.24) is 4.98 Å². The smallest absolute Gasteiger partial charge is 0.352 e. The summed E-state index contributed by atoms with van der Waals surface area (Å²) in [6, 6.07) is 16.3. The van der Waals surface area contributed by atoms with Crippen LogP contribution in [0.1, 0.15) is 28.0 Å². The summed E-state index contributed by atoms with van der Waals surface area (Å²) in [5, 5.41) is 13.5. The molecule has 4 heteroatoms. The van der Waals surface area contributed by atoms with Crippen molar-refractivity contribution in [2.45, 2.75) is 19.8 Å². The van der Waals surface area contributed by atoms with E-state index in [0.29, 0.717) is 0 Å². The molecule has 0 amide bonds. The van der Waals surface area contributed by atoms with Crippen LogP contribution in [0.3, 0.4) is 0 Å². The van der Waals surface area contributed by atoms with Crippen molar-refractivity contribution in [1.29, 1.82) is 0 Å². The van der Waals surface area contributed by atoms with Gasteiger partial charge < -0.3 is 15.4 Å². The molecule has 0 aliphatic heterocycles. The summed E-state index contributed by atoms with van der Waals surface area (Å²) < 4.78 is 0. The molecule has 0 radical (unpaired) electrons. The van der Waals surface area contributed by atoms with Crippen LogP contribution < -0.4 is 5.32 Å². The van der Waals surface area contributed by atoms with E-state index < -0.39 is 5.97 Å². The predicted octanol–water partition coefficient (Wildman–Crippen LogP) is 4.22. The van der Waals surface area contributed by atoms with Crippen LogP contribution >= 0.6 is 0 Å². The van der Waals surface area contributed by atoms with Crippen molar-refractivity contribution in [2.75, 3.05) is 11.9 Å². The molecule has 3 aromatic rings. The van der Waals surface area contributed by atoms with Crippen molar-refractivity contribution >= 4 is 22.6 Å². The fourth-order valence-electron chi connectivity index (χ4n) is 2.82. The fraction of sp³-hybridized carbons (Fsp3) is 0.211. The minimum Gasteiger partial charge on any atom is -0.477 e. The highest BCUT2D eigenvalue weighted by atomic mass is 16.4. The van der Waals surface area contributed by atoms with Crippen LogP contribution in [0.15, 0.2) is 48.5 Å². The zero-order valence-corrected chi connectivity index (χ0v) is 13.1. The number of aromatic nitrogens is 1. The molecule has 0 spiro atoms. The van der Waals surface area contributed by atoms with Gasteiger partial charge in [-0.15, -0.1) is 0 Å². The second kappa shape index (κ2) is 6.57. The van der Waals surface area contributed by atoms with Gasteiger partial charge >= 0.3 is 5.97 Å². The van der Waals surface area contributed by atoms with E-state index in [2.05, 4.69) is 34.6 Å². The number of carbonyl (C=O) groups is 1. The van der Waals surface area contributed by atoms with Gasteiger partial charge in [-0.2, -0.15) is 0 Å². The molecule has 1 heterocycles. The largest absolute Gasteiger partial charge is 0.477 e. The summed E-state index contributed by atoms with van der Waals surface area (Å²) in [7, 11) is 0. The van der Waals surface area contributed by atoms with Crippen molar-refractivity contribution in [2.24, 2.45) is 0 Å². The van der Waals surface area contributed by atoms with Gasteiger partial charge in [0.25, 0.3) is 0 Å². The number of nitrogens with one attached hydrogen (secondary N) is 2. The zero-order valence-electron chi connectivity index (χ0n) is 13.1. The third-order valence-corrected chi connectivity index (χ3v) is 4.09. The molecule has 0 fully saturated rings. The number of carboxylic acids is 1. The lowest BCUT2D eigenvalue weighted by Gasteiger charge is -2.07. The number of hydrogen-bond acceptors (Lipinski definition) is 2. The first kappa shape index (κ1) is 15.2. The topological polar surface area (TPSA) is 65.1 Å². The first-order valence-corrected chi connectivity index (χ1v) is 7.78. The molecule has 4 nitrogen and oxygen atoms in total. The van der Waals surface area contributed by atoms with Gasteiger partial charge in [-0.05, 0) is 49.1 Å². The number of aromatic carboxylic acids is 1. The monoisotopic (exact) mass is 308 g/mol. The van der Waals surface area contributed by atoms with Gasteiger partial charge in [-0.3, -0.25) is 0 Å². The third-order valence-electron chi connectivity index (χ3n) is 4.09. The normalized spacial score (nSPS) is 10.8. The Morgan fingerprint density at radius 1 is 1.17 bits per heavy atom. The number of rotatable bonds is 6. The molecule has 23 heavy (non-hydrogen) atoms. The van der Waals surface area contributed by atoms with E-state index in [1.165, 1.54) is 5.56 Å². The maximum atomic E-state index is 11.2. The minimum absolute atomic E-state index is 0.265. The van der Waals surface area contributed by atoms with E-state index in [1.54, 1.807) is 0 Å². The highest BCUT2D eigenvalue weighted by Gasteiger charge is 2.13. The van der Waals surface area contributed by atoms with Gasteiger partial charge in [0, 0.05) is 23.1 Å². The number of anilines is 1. The number of H-pyrrole nitrogens is 1. The lowest BCUT2D eigenvalue weighted by Crippen LogP contribution is -2.02. The van der Waals surface area contributed by atoms with E-state index >= 15 is 0 Å². The highest BCUT2D eigenvalue weighted by Crippen LogP contribution is 2.25. The summed E-state index contributed by atoms with van der Waals surface area (Å²) in [6.45, 7) is 2.72. The number of carboxylic acid groups (broad SMARTS) is 1. The molecule has 0 saturated heterocycles. The number of fused-ring (bicyclic) bond motifs is 1. The number of aryl methyl sites for hydroxylation is 2. The van der Waals surface area contributed by atoms with Gasteiger partial charge in [-0.25, -0.2) is 4.79 Å². The molecule has 0 aliphatic rings. The summed E-state index contributed by atoms with van der Waals surface area (Å²) in [5.41, 5.74) is 4.26. The van der Waals surface area contributed by atoms with Gasteiger partial charge in [0.2, 0.25) is 0 Å². The Morgan fingerprint density at radius 3 is 2.70 bits per heavy atom. The molecule has 3 N–H and O–H groups in total. The second-order valence-electron chi connectivity index (χ2n) is 5.71. The van der Waals surface area contributed by atoms with E-state index in [9.17, 15) is 9.90 Å². The first-order chi connectivity index (χ1) is 11.1. The lowest BCUT2D eigenvalue weighted by atomic mass is 10.1. The molecule has 2 aromatic carbocycles. The van der Waals surface area contributed by atoms with Crippen LogP contribution in [-0.2, 0) is 6.42 Å². The summed E-state index contributed by atoms with van der Waals surface area (Å²) in [6.07, 6.45) is 2.09. The van der Waals surface area contributed by atoms with Gasteiger partial charge in [0.1, 0.15) is 5.69 Å². The number of benzene rings is 2. The van der Waals surface area contributed by atoms with Crippen molar-refractivity contribution in [3.63, 3.8) is 0 Å². The van der Waals surface area contributed by atoms with Crippen LogP contribution in [-0.4, -0.2) is 22.6 Å². The Morgan fingerprint density at radius 2 is 1.96 bits per heavy atom. The van der Waals surface area contributed by atoms with Crippen LogP contribution in [0.4, 0.5) is 5.69 Å². The summed E-state index contributed by atoms with van der Waals surface area (Å²) in [5.74, 6) is -0.920. The van der Waals surface area contributed by atoms with Crippen LogP contribution in [0.2, 0.25) is 0 Å². The average Bonchev–Trinajstić information content (AvgIpc) is 2.90. The molecule has 0 aliphatic carbocycles. The standard InChI is InChI=1S/C19H20N2O2/c1-13-16-12-15(9-10-17(16)21-18(13)19(22)23)20-11-5-8-14-6-3-2-4-7-14/h2-4,6-7,9-10,12,20-21H,5,8,11H2,1H3,(H,22,23). The van der Waals surface area contributed by atoms with Crippen molar-refractivity contribution in [3.8, 4) is 0 Å². The molecule has 3 rings (SSSR count). The number of aromatic amines is 1. The fourth-order valence-corrected chi connectivity index (χ4v) is 2.82. The van der Waals surface area contributed by atoms with E-state index in [0.717, 1.165) is 41.5 Å². The quantitative estimate of drug-likeness (QED) is 0.597. The molecule has 0 unspecified atom stereocenters. The van der Waals surface area contributed by atoms with Gasteiger partial charge in [-0.1, -0.05) is 30.3 Å². The molecule has 0 atom stereocenters. The summed E-state index contributed by atoms with van der Waals surface area (Å²) in [4.78, 5) is 14.1. The van der Waals surface area contributed by atoms with E-state index in [-0.39, 0.29) is 5.69 Å². The third kappa shape index (κ3) is 3.37. The predicted molar refractivity (Wildman–Crippen MR) is 93.2 cm³/mol. The van der Waals surface area contributed by atoms with Gasteiger partial charge in [0.05, 0.1) is 0 Å². The summed E-state index contributed by atoms with van der Waals surface area (Å²) >= 11 is 0. The van der Waals surface area contributed by atoms with Crippen molar-refractivity contribution in [3.05, 3.63) is 65.4 Å². The van der Waals surface area contributed by atoms with Gasteiger partial charge in [0.15, 0.2) is 0 Å². The molecule has 118 valence electrons. The van der Waals surface area contributed by atoms with E-state index in [4.69, 9.17) is 0 Å². The second-order valence-corrected chi connectivity index (χ2v) is 5.71. The maximum absolute atomic E-state index is 11.2. The lowest BCUT2D eigenvalue weighted by molar-refractivity contribution is 0.0691. The Hall–Kier alpha value is -2.75. The van der Waals surface area contributed by atoms with Crippen molar-refractivity contribution < 1.29 is 9.90 Å². The molecular formula is C19H20N2O2. The Labute approximate surface area is 135 Å². The SMILES string of the molecule is Cc1c(C(=O)O)[nH]c2ccc(NCCCc3ccccc3)cc12. The Balaban J connectivity index is 1.64. The zero-order chi connectivity index (χ0) is 16.2. The highest BCUT2D eigenvalue weighted by molar-refractivity contribution is 5.98. The maximum Gasteiger partial charge on any atom is 0.352 e. The van der Waals surface area contributed by atoms with E-state index in [1.807, 2.05) is 31.2 Å². The van der Waals surface area contributed by atoms with Crippen LogP contribution in [0.5, 0.6) is 0 Å². The molecule has 0 saturated carbocycles. The first-order valence-electron chi connectivity index (χ1n) is 7.78.